The van der Waals surface area contributed by atoms with Crippen molar-refractivity contribution in [1.29, 1.82) is 0 Å². The first kappa shape index (κ1) is 18.6. The molecule has 2 aromatic carbocycles. The zero-order chi connectivity index (χ0) is 18.7. The Balaban J connectivity index is 1.75. The number of aryl methyl sites for hydroxylation is 1. The number of sulfonamides is 1. The molecule has 0 bridgehead atoms. The van der Waals surface area contributed by atoms with Crippen LogP contribution < -0.4 is 5.32 Å². The van der Waals surface area contributed by atoms with E-state index in [-0.39, 0.29) is 10.8 Å². The molecule has 138 valence electrons. The van der Waals surface area contributed by atoms with E-state index >= 15 is 0 Å². The van der Waals surface area contributed by atoms with Crippen LogP contribution in [-0.2, 0) is 10.0 Å². The summed E-state index contributed by atoms with van der Waals surface area (Å²) in [7, 11) is -3.50. The fourth-order valence-electron chi connectivity index (χ4n) is 3.20. The minimum Gasteiger partial charge on any atom is -0.322 e. The van der Waals surface area contributed by atoms with Gasteiger partial charge < -0.3 is 5.32 Å². The van der Waals surface area contributed by atoms with Gasteiger partial charge in [-0.2, -0.15) is 4.31 Å². The van der Waals surface area contributed by atoms with Crippen LogP contribution in [0.1, 0.15) is 35.7 Å². The summed E-state index contributed by atoms with van der Waals surface area (Å²) in [6.45, 7) is 5.10. The second-order valence-corrected chi connectivity index (χ2v) is 8.84. The fourth-order valence-corrected chi connectivity index (χ4v) is 4.80. The number of para-hydroxylation sites is 1. The maximum Gasteiger partial charge on any atom is 0.255 e. The number of rotatable bonds is 4. The molecule has 0 aromatic heterocycles. The lowest BCUT2D eigenvalue weighted by Crippen LogP contribution is -2.39. The molecule has 0 aliphatic carbocycles. The normalized spacial score (nSPS) is 18.5. The second-order valence-electron chi connectivity index (χ2n) is 6.90. The van der Waals surface area contributed by atoms with Crippen molar-refractivity contribution >= 4 is 21.6 Å². The molecule has 1 aliphatic heterocycles. The van der Waals surface area contributed by atoms with Crippen LogP contribution >= 0.6 is 0 Å². The number of anilines is 1. The van der Waals surface area contributed by atoms with Gasteiger partial charge >= 0.3 is 0 Å². The molecule has 2 aromatic rings. The Kier molecular flexibility index (Phi) is 5.44. The standard InChI is InChI=1S/C20H24N2O3S/c1-15-6-5-13-22(14-15)26(24,25)18-11-9-17(10-12-18)20(23)21-19-8-4-3-7-16(19)2/h3-4,7-12,15H,5-6,13-14H2,1-2H3,(H,21,23). The van der Waals surface area contributed by atoms with E-state index in [9.17, 15) is 13.2 Å². The lowest BCUT2D eigenvalue weighted by atomic mass is 10.0. The summed E-state index contributed by atoms with van der Waals surface area (Å²) in [6.07, 6.45) is 1.95. The third-order valence-electron chi connectivity index (χ3n) is 4.77. The monoisotopic (exact) mass is 372 g/mol. The Bertz CT molecular complexity index is 892. The summed E-state index contributed by atoms with van der Waals surface area (Å²) in [6, 6.07) is 13.7. The highest BCUT2D eigenvalue weighted by atomic mass is 32.2. The van der Waals surface area contributed by atoms with Crippen molar-refractivity contribution in [3.8, 4) is 0 Å². The third kappa shape index (κ3) is 3.97. The zero-order valence-electron chi connectivity index (χ0n) is 15.1. The highest BCUT2D eigenvalue weighted by Crippen LogP contribution is 2.24. The molecule has 0 spiro atoms. The van der Waals surface area contributed by atoms with Crippen molar-refractivity contribution in [3.05, 3.63) is 59.7 Å². The van der Waals surface area contributed by atoms with Crippen molar-refractivity contribution in [2.24, 2.45) is 5.92 Å². The highest BCUT2D eigenvalue weighted by molar-refractivity contribution is 7.89. The van der Waals surface area contributed by atoms with Crippen LogP contribution in [-0.4, -0.2) is 31.7 Å². The molecular weight excluding hydrogens is 348 g/mol. The Hall–Kier alpha value is -2.18. The van der Waals surface area contributed by atoms with Gasteiger partial charge in [0.15, 0.2) is 0 Å². The van der Waals surface area contributed by atoms with E-state index in [1.54, 1.807) is 16.4 Å². The van der Waals surface area contributed by atoms with E-state index in [0.29, 0.717) is 24.6 Å². The van der Waals surface area contributed by atoms with Crippen LogP contribution in [0.25, 0.3) is 0 Å². The van der Waals surface area contributed by atoms with Crippen LogP contribution in [0.3, 0.4) is 0 Å². The van der Waals surface area contributed by atoms with Crippen LogP contribution in [0.5, 0.6) is 0 Å². The molecule has 5 nitrogen and oxygen atoms in total. The number of hydrogen-bond donors (Lipinski definition) is 1. The fraction of sp³-hybridized carbons (Fsp3) is 0.350. The smallest absolute Gasteiger partial charge is 0.255 e. The highest BCUT2D eigenvalue weighted by Gasteiger charge is 2.28. The molecule has 1 fully saturated rings. The molecule has 0 radical (unpaired) electrons. The van der Waals surface area contributed by atoms with Gasteiger partial charge in [-0.15, -0.1) is 0 Å². The minimum absolute atomic E-state index is 0.235. The van der Waals surface area contributed by atoms with Gasteiger partial charge in [-0.1, -0.05) is 25.1 Å². The van der Waals surface area contributed by atoms with Gasteiger partial charge in [-0.05, 0) is 61.6 Å². The predicted octanol–water partition coefficient (Wildman–Crippen LogP) is 3.67. The largest absolute Gasteiger partial charge is 0.322 e. The van der Waals surface area contributed by atoms with Gasteiger partial charge in [0.25, 0.3) is 5.91 Å². The van der Waals surface area contributed by atoms with Crippen LogP contribution in [0, 0.1) is 12.8 Å². The molecule has 1 amide bonds. The molecule has 26 heavy (non-hydrogen) atoms. The number of carbonyl (C=O) groups excluding carboxylic acids is 1. The maximum atomic E-state index is 12.8. The molecule has 3 rings (SSSR count). The lowest BCUT2D eigenvalue weighted by molar-refractivity contribution is 0.102. The molecule has 0 saturated carbocycles. The number of benzene rings is 2. The minimum atomic E-state index is -3.50. The van der Waals surface area contributed by atoms with E-state index in [2.05, 4.69) is 12.2 Å². The van der Waals surface area contributed by atoms with E-state index in [1.165, 1.54) is 12.1 Å². The summed E-state index contributed by atoms with van der Waals surface area (Å²) < 4.78 is 27.1. The van der Waals surface area contributed by atoms with E-state index in [0.717, 1.165) is 24.1 Å². The van der Waals surface area contributed by atoms with Gasteiger partial charge in [0.2, 0.25) is 10.0 Å². The van der Waals surface area contributed by atoms with Gasteiger partial charge in [0.1, 0.15) is 0 Å². The molecule has 1 atom stereocenters. The van der Waals surface area contributed by atoms with Crippen LogP contribution in [0.15, 0.2) is 53.4 Å². The first-order chi connectivity index (χ1) is 12.4. The van der Waals surface area contributed by atoms with Crippen LogP contribution in [0.2, 0.25) is 0 Å². The third-order valence-corrected chi connectivity index (χ3v) is 6.65. The first-order valence-corrected chi connectivity index (χ1v) is 10.3. The molecule has 6 heteroatoms. The van der Waals surface area contributed by atoms with Gasteiger partial charge in [-0.3, -0.25) is 4.79 Å². The average Bonchev–Trinajstić information content (AvgIpc) is 2.63. The van der Waals surface area contributed by atoms with E-state index in [1.807, 2.05) is 31.2 Å². The van der Waals surface area contributed by atoms with Crippen molar-refractivity contribution in [3.63, 3.8) is 0 Å². The van der Waals surface area contributed by atoms with Crippen LogP contribution in [0.4, 0.5) is 5.69 Å². The quantitative estimate of drug-likeness (QED) is 0.890. The predicted molar refractivity (Wildman–Crippen MR) is 103 cm³/mol. The van der Waals surface area contributed by atoms with Crippen molar-refractivity contribution < 1.29 is 13.2 Å². The number of nitrogens with one attached hydrogen (secondary N) is 1. The molecule has 1 aliphatic rings. The summed E-state index contributed by atoms with van der Waals surface area (Å²) >= 11 is 0. The van der Waals surface area contributed by atoms with E-state index in [4.69, 9.17) is 0 Å². The van der Waals surface area contributed by atoms with Gasteiger partial charge in [0, 0.05) is 24.3 Å². The number of hydrogen-bond acceptors (Lipinski definition) is 3. The van der Waals surface area contributed by atoms with Gasteiger partial charge in [0.05, 0.1) is 4.90 Å². The summed E-state index contributed by atoms with van der Waals surface area (Å²) in [5.41, 5.74) is 2.15. The number of nitrogens with zero attached hydrogens (tertiary/aromatic N) is 1. The molecule has 1 unspecified atom stereocenters. The van der Waals surface area contributed by atoms with E-state index < -0.39 is 10.0 Å². The Labute approximate surface area is 155 Å². The Morgan fingerprint density at radius 1 is 1.12 bits per heavy atom. The van der Waals surface area contributed by atoms with Gasteiger partial charge in [-0.25, -0.2) is 8.42 Å². The zero-order valence-corrected chi connectivity index (χ0v) is 15.9. The number of amides is 1. The Morgan fingerprint density at radius 2 is 1.81 bits per heavy atom. The Morgan fingerprint density at radius 3 is 2.46 bits per heavy atom. The molecule has 1 N–H and O–H groups in total. The molecule has 1 saturated heterocycles. The van der Waals surface area contributed by atoms with Crippen molar-refractivity contribution in [2.45, 2.75) is 31.6 Å². The lowest BCUT2D eigenvalue weighted by Gasteiger charge is -2.30. The first-order valence-electron chi connectivity index (χ1n) is 8.85. The van der Waals surface area contributed by atoms with Crippen molar-refractivity contribution in [1.82, 2.24) is 4.31 Å². The summed E-state index contributed by atoms with van der Waals surface area (Å²) in [4.78, 5) is 12.6. The topological polar surface area (TPSA) is 66.5 Å². The van der Waals surface area contributed by atoms with Crippen molar-refractivity contribution in [2.75, 3.05) is 18.4 Å². The second kappa shape index (κ2) is 7.60. The number of piperidine rings is 1. The summed E-state index contributed by atoms with van der Waals surface area (Å²) in [5, 5.41) is 2.86. The average molecular weight is 372 g/mol. The SMILES string of the molecule is Cc1ccccc1NC(=O)c1ccc(S(=O)(=O)N2CCCC(C)C2)cc1. The molecular formula is C20H24N2O3S. The molecule has 1 heterocycles. The number of carbonyl (C=O) groups is 1. The maximum absolute atomic E-state index is 12.8. The summed E-state index contributed by atoms with van der Waals surface area (Å²) in [5.74, 6) is 0.118.